The van der Waals surface area contributed by atoms with Crippen molar-refractivity contribution in [2.45, 2.75) is 25.5 Å². The zero-order chi connectivity index (χ0) is 18.5. The van der Waals surface area contributed by atoms with Crippen LogP contribution >= 0.6 is 0 Å². The molecular formula is C19H21FN2O4. The van der Waals surface area contributed by atoms with Gasteiger partial charge in [0, 0.05) is 32.1 Å². The topological polar surface area (TPSA) is 60.8 Å². The molecule has 138 valence electrons. The first-order chi connectivity index (χ1) is 12.6. The zero-order valence-electron chi connectivity index (χ0n) is 14.6. The average Bonchev–Trinajstić information content (AvgIpc) is 2.66. The van der Waals surface area contributed by atoms with Gasteiger partial charge < -0.3 is 18.9 Å². The first-order valence-electron chi connectivity index (χ1n) is 8.50. The van der Waals surface area contributed by atoms with Crippen LogP contribution in [0.4, 0.5) is 4.39 Å². The van der Waals surface area contributed by atoms with Crippen molar-refractivity contribution in [3.05, 3.63) is 58.8 Å². The maximum Gasteiger partial charge on any atom is 0.293 e. The molecule has 0 N–H and O–H groups in total. The number of methoxy groups -OCH3 is 1. The first kappa shape index (κ1) is 18.0. The molecule has 3 rings (SSSR count). The molecule has 0 unspecified atom stereocenters. The number of hydrogen-bond acceptors (Lipinski definition) is 4. The van der Waals surface area contributed by atoms with Gasteiger partial charge in [0.25, 0.3) is 5.56 Å². The molecule has 0 atom stereocenters. The van der Waals surface area contributed by atoms with Crippen LogP contribution in [0.15, 0.2) is 47.4 Å². The third-order valence-corrected chi connectivity index (χ3v) is 4.42. The van der Waals surface area contributed by atoms with Gasteiger partial charge in [0.15, 0.2) is 5.75 Å². The Bertz CT molecular complexity index is 811. The van der Waals surface area contributed by atoms with Crippen LogP contribution in [-0.2, 0) is 11.3 Å². The molecule has 1 fully saturated rings. The van der Waals surface area contributed by atoms with Crippen LogP contribution in [0.25, 0.3) is 0 Å². The van der Waals surface area contributed by atoms with Gasteiger partial charge >= 0.3 is 0 Å². The van der Waals surface area contributed by atoms with Crippen LogP contribution in [0.1, 0.15) is 12.8 Å². The molecular weight excluding hydrogens is 339 g/mol. The van der Waals surface area contributed by atoms with Crippen molar-refractivity contribution in [1.29, 1.82) is 0 Å². The van der Waals surface area contributed by atoms with E-state index in [2.05, 4.69) is 0 Å². The van der Waals surface area contributed by atoms with E-state index < -0.39 is 0 Å². The molecule has 2 aromatic rings. The number of rotatable bonds is 5. The van der Waals surface area contributed by atoms with E-state index in [4.69, 9.17) is 9.47 Å². The van der Waals surface area contributed by atoms with Gasteiger partial charge in [0.2, 0.25) is 5.91 Å². The summed E-state index contributed by atoms with van der Waals surface area (Å²) < 4.78 is 25.1. The number of hydrogen-bond donors (Lipinski definition) is 0. The number of pyridine rings is 1. The second-order valence-electron chi connectivity index (χ2n) is 6.16. The quantitative estimate of drug-likeness (QED) is 0.819. The fourth-order valence-corrected chi connectivity index (χ4v) is 2.97. The standard InChI is InChI=1S/C19H21FN2O4/c1-25-17-3-2-10-22(19(17)24)13-18(23)21-11-8-16(9-12-21)26-15-6-4-14(20)5-7-15/h2-7,10,16H,8-9,11-13H2,1H3. The summed E-state index contributed by atoms with van der Waals surface area (Å²) in [6, 6.07) is 9.17. The van der Waals surface area contributed by atoms with Crippen molar-refractivity contribution in [3.8, 4) is 11.5 Å². The van der Waals surface area contributed by atoms with E-state index in [1.165, 1.54) is 23.8 Å². The van der Waals surface area contributed by atoms with E-state index in [-0.39, 0.29) is 35.7 Å². The van der Waals surface area contributed by atoms with Gasteiger partial charge in [-0.3, -0.25) is 9.59 Å². The Labute approximate surface area is 150 Å². The summed E-state index contributed by atoms with van der Waals surface area (Å²) in [5, 5.41) is 0. The minimum atomic E-state index is -0.321. The molecule has 7 heteroatoms. The second-order valence-corrected chi connectivity index (χ2v) is 6.16. The summed E-state index contributed by atoms with van der Waals surface area (Å²) in [6.45, 7) is 1.10. The third kappa shape index (κ3) is 4.22. The first-order valence-corrected chi connectivity index (χ1v) is 8.50. The number of carbonyl (C=O) groups excluding carboxylic acids is 1. The largest absolute Gasteiger partial charge is 0.491 e. The van der Waals surface area contributed by atoms with Gasteiger partial charge in [-0.1, -0.05) is 0 Å². The smallest absolute Gasteiger partial charge is 0.293 e. The molecule has 0 saturated carbocycles. The Morgan fingerprint density at radius 2 is 1.88 bits per heavy atom. The monoisotopic (exact) mass is 360 g/mol. The normalized spacial score (nSPS) is 14.9. The number of carbonyl (C=O) groups is 1. The number of piperidine rings is 1. The lowest BCUT2D eigenvalue weighted by Crippen LogP contribution is -2.44. The molecule has 1 amide bonds. The van der Waals surface area contributed by atoms with Crippen LogP contribution in [0, 0.1) is 5.82 Å². The molecule has 1 aliphatic rings. The predicted octanol–water partition coefficient (Wildman–Crippen LogP) is 2.07. The average molecular weight is 360 g/mol. The number of likely N-dealkylation sites (tertiary alicyclic amines) is 1. The predicted molar refractivity (Wildman–Crippen MR) is 93.9 cm³/mol. The van der Waals surface area contributed by atoms with Crippen molar-refractivity contribution in [3.63, 3.8) is 0 Å². The Morgan fingerprint density at radius 3 is 2.54 bits per heavy atom. The minimum absolute atomic E-state index is 0.0101. The molecule has 0 aliphatic carbocycles. The minimum Gasteiger partial charge on any atom is -0.491 e. The Kier molecular flexibility index (Phi) is 5.55. The van der Waals surface area contributed by atoms with Crippen molar-refractivity contribution in [2.75, 3.05) is 20.2 Å². The molecule has 1 aromatic carbocycles. The fraction of sp³-hybridized carbons (Fsp3) is 0.368. The molecule has 26 heavy (non-hydrogen) atoms. The maximum atomic E-state index is 12.9. The van der Waals surface area contributed by atoms with Crippen LogP contribution in [0.5, 0.6) is 11.5 Å². The maximum absolute atomic E-state index is 12.9. The highest BCUT2D eigenvalue weighted by Crippen LogP contribution is 2.19. The zero-order valence-corrected chi connectivity index (χ0v) is 14.6. The van der Waals surface area contributed by atoms with E-state index >= 15 is 0 Å². The van der Waals surface area contributed by atoms with Crippen molar-refractivity contribution in [1.82, 2.24) is 9.47 Å². The lowest BCUT2D eigenvalue weighted by Gasteiger charge is -2.32. The summed E-state index contributed by atoms with van der Waals surface area (Å²) in [5.41, 5.74) is -0.321. The summed E-state index contributed by atoms with van der Waals surface area (Å²) in [4.78, 5) is 26.3. The van der Waals surface area contributed by atoms with E-state index in [1.54, 1.807) is 35.4 Å². The molecule has 1 aromatic heterocycles. The van der Waals surface area contributed by atoms with E-state index in [0.29, 0.717) is 31.7 Å². The Hall–Kier alpha value is -2.83. The van der Waals surface area contributed by atoms with Gasteiger partial charge in [0.05, 0.1) is 7.11 Å². The fourth-order valence-electron chi connectivity index (χ4n) is 2.97. The molecule has 6 nitrogen and oxygen atoms in total. The van der Waals surface area contributed by atoms with Crippen molar-refractivity contribution >= 4 is 5.91 Å². The second kappa shape index (κ2) is 8.03. The number of amides is 1. The van der Waals surface area contributed by atoms with Crippen LogP contribution in [0.3, 0.4) is 0 Å². The lowest BCUT2D eigenvalue weighted by molar-refractivity contribution is -0.133. The van der Waals surface area contributed by atoms with Gasteiger partial charge in [-0.2, -0.15) is 0 Å². The lowest BCUT2D eigenvalue weighted by atomic mass is 10.1. The van der Waals surface area contributed by atoms with Crippen molar-refractivity contribution < 1.29 is 18.7 Å². The number of ether oxygens (including phenoxy) is 2. The van der Waals surface area contributed by atoms with E-state index in [9.17, 15) is 14.0 Å². The molecule has 0 bridgehead atoms. The summed E-state index contributed by atoms with van der Waals surface area (Å²) in [5.74, 6) is 0.428. The van der Waals surface area contributed by atoms with Crippen LogP contribution in [-0.4, -0.2) is 41.7 Å². The highest BCUT2D eigenvalue weighted by atomic mass is 19.1. The molecule has 0 spiro atoms. The molecule has 1 saturated heterocycles. The number of aromatic nitrogens is 1. The van der Waals surface area contributed by atoms with Crippen molar-refractivity contribution in [2.24, 2.45) is 0 Å². The molecule has 1 aliphatic heterocycles. The highest BCUT2D eigenvalue weighted by molar-refractivity contribution is 5.76. The summed E-state index contributed by atoms with van der Waals surface area (Å²) in [6.07, 6.45) is 2.95. The van der Waals surface area contributed by atoms with Crippen LogP contribution in [0.2, 0.25) is 0 Å². The van der Waals surface area contributed by atoms with E-state index in [0.717, 1.165) is 0 Å². The van der Waals surface area contributed by atoms with Crippen LogP contribution < -0.4 is 15.0 Å². The highest BCUT2D eigenvalue weighted by Gasteiger charge is 2.24. The third-order valence-electron chi connectivity index (χ3n) is 4.42. The number of halogens is 1. The van der Waals surface area contributed by atoms with E-state index in [1.807, 2.05) is 0 Å². The summed E-state index contributed by atoms with van der Waals surface area (Å²) >= 11 is 0. The van der Waals surface area contributed by atoms with Gasteiger partial charge in [-0.25, -0.2) is 4.39 Å². The number of benzene rings is 1. The Balaban J connectivity index is 1.54. The SMILES string of the molecule is COc1cccn(CC(=O)N2CCC(Oc3ccc(F)cc3)CC2)c1=O. The molecule has 2 heterocycles. The summed E-state index contributed by atoms with van der Waals surface area (Å²) in [7, 11) is 1.43. The molecule has 0 radical (unpaired) electrons. The van der Waals surface area contributed by atoms with Gasteiger partial charge in [0.1, 0.15) is 24.2 Å². The number of nitrogens with zero attached hydrogens (tertiary/aromatic N) is 2. The Morgan fingerprint density at radius 1 is 1.19 bits per heavy atom. The van der Waals surface area contributed by atoms with Gasteiger partial charge in [-0.15, -0.1) is 0 Å². The van der Waals surface area contributed by atoms with Gasteiger partial charge in [-0.05, 0) is 36.4 Å².